The number of alkyl halides is 1. The van der Waals surface area contributed by atoms with E-state index >= 15 is 0 Å². The van der Waals surface area contributed by atoms with Crippen molar-refractivity contribution < 1.29 is 4.79 Å². The maximum atomic E-state index is 10.5. The molecule has 1 nitrogen and oxygen atoms in total. The summed E-state index contributed by atoms with van der Waals surface area (Å²) in [5.41, 5.74) is 1.02. The summed E-state index contributed by atoms with van der Waals surface area (Å²) < 4.78 is 0. The lowest BCUT2D eigenvalue weighted by Gasteiger charge is -1.87. The molecule has 0 spiro atoms. The van der Waals surface area contributed by atoms with E-state index in [1.807, 2.05) is 17.5 Å². The van der Waals surface area contributed by atoms with Gasteiger partial charge in [-0.05, 0) is 23.4 Å². The third-order valence-corrected chi connectivity index (χ3v) is 2.72. The molecule has 0 unspecified atom stereocenters. The summed E-state index contributed by atoms with van der Waals surface area (Å²) in [5.74, 6) is 0. The predicted molar refractivity (Wildman–Crippen MR) is 57.2 cm³/mol. The normalized spacial score (nSPS) is 10.8. The van der Waals surface area contributed by atoms with Gasteiger partial charge in [-0.15, -0.1) is 11.3 Å². The Balaban J connectivity index is 2.67. The zero-order valence-corrected chi connectivity index (χ0v) is 8.90. The van der Waals surface area contributed by atoms with Crippen molar-refractivity contribution in [1.82, 2.24) is 0 Å². The van der Waals surface area contributed by atoms with Crippen molar-refractivity contribution in [3.05, 3.63) is 28.0 Å². The fourth-order valence-corrected chi connectivity index (χ4v) is 1.79. The van der Waals surface area contributed by atoms with Crippen LogP contribution in [0.15, 0.2) is 17.5 Å². The first-order valence-electron chi connectivity index (χ1n) is 3.63. The van der Waals surface area contributed by atoms with Crippen molar-refractivity contribution in [1.29, 1.82) is 0 Å². The Labute approximate surface area is 84.2 Å². The molecule has 0 saturated heterocycles. The summed E-state index contributed by atoms with van der Waals surface area (Å²) in [6, 6.07) is 1.96. The van der Waals surface area contributed by atoms with E-state index in [0.29, 0.717) is 0 Å². The summed E-state index contributed by atoms with van der Waals surface area (Å²) in [4.78, 5) is 11.3. The van der Waals surface area contributed by atoms with Gasteiger partial charge in [0, 0.05) is 5.33 Å². The first kappa shape index (κ1) is 9.68. The van der Waals surface area contributed by atoms with E-state index in [4.69, 9.17) is 0 Å². The number of halogens is 1. The second kappa shape index (κ2) is 5.27. The molecule has 0 bridgehead atoms. The minimum absolute atomic E-state index is 0.806. The molecule has 0 N–H and O–H groups in total. The van der Waals surface area contributed by atoms with Gasteiger partial charge in [-0.3, -0.25) is 4.79 Å². The van der Waals surface area contributed by atoms with Crippen LogP contribution < -0.4 is 0 Å². The number of hydrogen-bond acceptors (Lipinski definition) is 2. The molecule has 0 aliphatic rings. The van der Waals surface area contributed by atoms with E-state index in [1.165, 1.54) is 11.3 Å². The molecule has 64 valence electrons. The monoisotopic (exact) mass is 244 g/mol. The first-order chi connectivity index (χ1) is 5.88. The van der Waals surface area contributed by atoms with Crippen molar-refractivity contribution in [2.45, 2.75) is 6.42 Å². The third-order valence-electron chi connectivity index (χ3n) is 1.41. The molecule has 0 aliphatic carbocycles. The van der Waals surface area contributed by atoms with E-state index in [9.17, 15) is 4.79 Å². The number of allylic oxidation sites excluding steroid dienone is 1. The van der Waals surface area contributed by atoms with Gasteiger partial charge in [-0.25, -0.2) is 0 Å². The zero-order chi connectivity index (χ0) is 8.81. The fourth-order valence-electron chi connectivity index (χ4n) is 0.838. The summed E-state index contributed by atoms with van der Waals surface area (Å²) in [6.45, 7) is 0. The summed E-state index contributed by atoms with van der Waals surface area (Å²) >= 11 is 4.81. The Morgan fingerprint density at radius 2 is 2.42 bits per heavy atom. The standard InChI is InChI=1S/C9H9BrOS/c10-5-2-1-3-8-4-6-12-9(8)7-11/h1,3-4,6-7H,2,5H2. The number of rotatable bonds is 4. The van der Waals surface area contributed by atoms with E-state index in [-0.39, 0.29) is 0 Å². The number of carbonyl (C=O) groups is 1. The smallest absolute Gasteiger partial charge is 0.160 e. The summed E-state index contributed by atoms with van der Waals surface area (Å²) in [6.07, 6.45) is 5.94. The van der Waals surface area contributed by atoms with Crippen LogP contribution in [0.5, 0.6) is 0 Å². The number of aldehydes is 1. The molecule has 3 heteroatoms. The largest absolute Gasteiger partial charge is 0.297 e. The molecule has 0 radical (unpaired) electrons. The van der Waals surface area contributed by atoms with Gasteiger partial charge >= 0.3 is 0 Å². The molecule has 0 saturated carbocycles. The van der Waals surface area contributed by atoms with Crippen LogP contribution >= 0.6 is 27.3 Å². The number of hydrogen-bond donors (Lipinski definition) is 0. The molecule has 0 aliphatic heterocycles. The van der Waals surface area contributed by atoms with Crippen molar-refractivity contribution >= 4 is 39.6 Å². The van der Waals surface area contributed by atoms with Gasteiger partial charge in [0.05, 0.1) is 4.88 Å². The van der Waals surface area contributed by atoms with Crippen LogP contribution in [-0.4, -0.2) is 11.6 Å². The van der Waals surface area contributed by atoms with Crippen LogP contribution in [0, 0.1) is 0 Å². The second-order valence-corrected chi connectivity index (χ2v) is 3.98. The van der Waals surface area contributed by atoms with E-state index in [0.717, 1.165) is 28.5 Å². The maximum absolute atomic E-state index is 10.5. The average molecular weight is 245 g/mol. The lowest BCUT2D eigenvalue weighted by molar-refractivity contribution is 0.112. The Morgan fingerprint density at radius 1 is 1.58 bits per heavy atom. The second-order valence-electron chi connectivity index (χ2n) is 2.24. The highest BCUT2D eigenvalue weighted by atomic mass is 79.9. The summed E-state index contributed by atoms with van der Waals surface area (Å²) in [7, 11) is 0. The van der Waals surface area contributed by atoms with Gasteiger partial charge in [-0.2, -0.15) is 0 Å². The molecule has 0 atom stereocenters. The molecule has 1 rings (SSSR count). The van der Waals surface area contributed by atoms with E-state index in [1.54, 1.807) is 0 Å². The van der Waals surface area contributed by atoms with Crippen LogP contribution in [0.2, 0.25) is 0 Å². The van der Waals surface area contributed by atoms with Gasteiger partial charge in [0.2, 0.25) is 0 Å². The van der Waals surface area contributed by atoms with Crippen molar-refractivity contribution in [3.8, 4) is 0 Å². The van der Waals surface area contributed by atoms with Gasteiger partial charge in [0.15, 0.2) is 6.29 Å². The molecule has 1 aromatic heterocycles. The van der Waals surface area contributed by atoms with Gasteiger partial charge in [-0.1, -0.05) is 28.1 Å². The van der Waals surface area contributed by atoms with Crippen LogP contribution in [-0.2, 0) is 0 Å². The molecule has 1 aromatic rings. The molecular formula is C9H9BrOS. The SMILES string of the molecule is O=Cc1sccc1C=CCCBr. The molecular weight excluding hydrogens is 236 g/mol. The molecule has 0 aromatic carbocycles. The van der Waals surface area contributed by atoms with Crippen LogP contribution in [0.25, 0.3) is 6.08 Å². The maximum Gasteiger partial charge on any atom is 0.160 e. The zero-order valence-electron chi connectivity index (χ0n) is 6.50. The van der Waals surface area contributed by atoms with Crippen LogP contribution in [0.3, 0.4) is 0 Å². The minimum atomic E-state index is 0.806. The molecule has 1 heterocycles. The Kier molecular flexibility index (Phi) is 4.25. The molecule has 12 heavy (non-hydrogen) atoms. The Morgan fingerprint density at radius 3 is 3.08 bits per heavy atom. The van der Waals surface area contributed by atoms with Crippen molar-refractivity contribution in [3.63, 3.8) is 0 Å². The fraction of sp³-hybridized carbons (Fsp3) is 0.222. The van der Waals surface area contributed by atoms with Gasteiger partial charge in [0.1, 0.15) is 0 Å². The average Bonchev–Trinajstić information content (AvgIpc) is 2.52. The van der Waals surface area contributed by atoms with E-state index < -0.39 is 0 Å². The first-order valence-corrected chi connectivity index (χ1v) is 5.63. The minimum Gasteiger partial charge on any atom is -0.297 e. The highest BCUT2D eigenvalue weighted by Gasteiger charge is 1.97. The molecule has 0 amide bonds. The number of thiophene rings is 1. The Bertz CT molecular complexity index is 278. The summed E-state index contributed by atoms with van der Waals surface area (Å²) in [5, 5.41) is 2.89. The van der Waals surface area contributed by atoms with Crippen LogP contribution in [0.4, 0.5) is 0 Å². The Hall–Kier alpha value is -0.410. The van der Waals surface area contributed by atoms with Gasteiger partial charge < -0.3 is 0 Å². The predicted octanol–water partition coefficient (Wildman–Crippen LogP) is 3.36. The number of carbonyl (C=O) groups excluding carboxylic acids is 1. The lowest BCUT2D eigenvalue weighted by atomic mass is 10.2. The van der Waals surface area contributed by atoms with Crippen molar-refractivity contribution in [2.24, 2.45) is 0 Å². The van der Waals surface area contributed by atoms with Gasteiger partial charge in [0.25, 0.3) is 0 Å². The quantitative estimate of drug-likeness (QED) is 0.587. The lowest BCUT2D eigenvalue weighted by Crippen LogP contribution is -1.75. The third kappa shape index (κ3) is 2.57. The highest BCUT2D eigenvalue weighted by molar-refractivity contribution is 9.09. The molecule has 0 fully saturated rings. The van der Waals surface area contributed by atoms with Crippen molar-refractivity contribution in [2.75, 3.05) is 5.33 Å². The van der Waals surface area contributed by atoms with E-state index in [2.05, 4.69) is 22.0 Å². The van der Waals surface area contributed by atoms with Crippen LogP contribution in [0.1, 0.15) is 21.7 Å². The topological polar surface area (TPSA) is 17.1 Å². The highest BCUT2D eigenvalue weighted by Crippen LogP contribution is 2.15.